The van der Waals surface area contributed by atoms with Crippen molar-refractivity contribution >= 4 is 14.1 Å². The highest BCUT2D eigenvalue weighted by Gasteiger charge is 2.55. The molecule has 0 radical (unpaired) electrons. The minimum Gasteiger partial charge on any atom is -0.497 e. The number of carbonyl (C=O) groups excluding carboxylic acids is 1. The summed E-state index contributed by atoms with van der Waals surface area (Å²) in [6, 6.07) is 27.4. The van der Waals surface area contributed by atoms with E-state index in [0.717, 1.165) is 22.4 Å². The van der Waals surface area contributed by atoms with Crippen LogP contribution in [0.3, 0.4) is 0 Å². The average Bonchev–Trinajstić information content (AvgIpc) is 3.02. The maximum absolute atomic E-state index is 14.1. The van der Waals surface area contributed by atoms with Crippen LogP contribution in [0.1, 0.15) is 57.7 Å². The third kappa shape index (κ3) is 8.94. The van der Waals surface area contributed by atoms with E-state index in [1.54, 1.807) is 7.11 Å². The Labute approximate surface area is 276 Å². The van der Waals surface area contributed by atoms with Crippen LogP contribution in [0, 0.1) is 5.41 Å². The molecule has 0 aliphatic heterocycles. The molecular weight excluding hydrogens is 596 g/mol. The number of hydrogen-bond donors (Lipinski definition) is 1. The van der Waals surface area contributed by atoms with Gasteiger partial charge in [0.15, 0.2) is 14.1 Å². The van der Waals surface area contributed by atoms with E-state index in [1.807, 2.05) is 98.8 Å². The monoisotopic (exact) mass is 648 g/mol. The highest BCUT2D eigenvalue weighted by Crippen LogP contribution is 2.45. The summed E-state index contributed by atoms with van der Waals surface area (Å²) in [5.74, 6) is 0.552. The molecule has 5 unspecified atom stereocenters. The van der Waals surface area contributed by atoms with Crippen molar-refractivity contribution in [3.63, 3.8) is 0 Å². The van der Waals surface area contributed by atoms with E-state index in [2.05, 4.69) is 33.9 Å². The van der Waals surface area contributed by atoms with Gasteiger partial charge in [0.05, 0.1) is 45.2 Å². The molecule has 0 saturated heterocycles. The number of rotatable bonds is 12. The number of methoxy groups -OCH3 is 1. The van der Waals surface area contributed by atoms with Gasteiger partial charge in [0.1, 0.15) is 18.0 Å². The summed E-state index contributed by atoms with van der Waals surface area (Å²) < 4.78 is 32.3. The first-order valence-electron chi connectivity index (χ1n) is 16.2. The largest absolute Gasteiger partial charge is 0.497 e. The van der Waals surface area contributed by atoms with Crippen LogP contribution < -0.4 is 4.74 Å². The van der Waals surface area contributed by atoms with Crippen LogP contribution in [-0.2, 0) is 43.3 Å². The highest BCUT2D eigenvalue weighted by molar-refractivity contribution is 6.74. The predicted octanol–water partition coefficient (Wildman–Crippen LogP) is 7.50. The first-order chi connectivity index (χ1) is 21.7. The predicted molar refractivity (Wildman–Crippen MR) is 183 cm³/mol. The van der Waals surface area contributed by atoms with Crippen LogP contribution >= 0.6 is 0 Å². The number of ketones is 1. The number of aliphatic hydroxyl groups is 1. The molecule has 5 atom stereocenters. The Morgan fingerprint density at radius 1 is 0.761 bits per heavy atom. The molecule has 0 spiro atoms. The fraction of sp³-hybridized carbons (Fsp3) is 0.500. The van der Waals surface area contributed by atoms with Crippen LogP contribution in [0.4, 0.5) is 0 Å². The standard InChI is InChI=1S/C38H52O7Si/c1-37(2,3)46(7,8)45-36-34(43-25-28-17-13-10-14-18-28)32(40)23-31(39)33(42-24-27-15-11-9-12-16-27)35(38(36,4)5)44-26-29-19-21-30(41-6)22-20-29/h9-22,31,33-36,39H,23-26H2,1-8H3. The number of carbonyl (C=O) groups is 1. The van der Waals surface area contributed by atoms with Gasteiger partial charge in [-0.3, -0.25) is 4.79 Å². The molecule has 0 heterocycles. The first-order valence-corrected chi connectivity index (χ1v) is 19.1. The molecule has 7 nitrogen and oxygen atoms in total. The molecule has 46 heavy (non-hydrogen) atoms. The first kappa shape index (κ1) is 36.0. The Balaban J connectivity index is 1.76. The van der Waals surface area contributed by atoms with Crippen molar-refractivity contribution in [2.24, 2.45) is 5.41 Å². The lowest BCUT2D eigenvalue weighted by atomic mass is 9.71. The Bertz CT molecular complexity index is 1370. The molecule has 4 rings (SSSR count). The molecule has 0 bridgehead atoms. The summed E-state index contributed by atoms with van der Waals surface area (Å²) in [6.45, 7) is 15.8. The van der Waals surface area contributed by atoms with Gasteiger partial charge in [-0.25, -0.2) is 0 Å². The van der Waals surface area contributed by atoms with Crippen LogP contribution in [0.5, 0.6) is 5.75 Å². The summed E-state index contributed by atoms with van der Waals surface area (Å²) in [4.78, 5) is 14.1. The van der Waals surface area contributed by atoms with Gasteiger partial charge in [-0.1, -0.05) is 107 Å². The maximum atomic E-state index is 14.1. The van der Waals surface area contributed by atoms with Crippen molar-refractivity contribution in [1.82, 2.24) is 0 Å². The van der Waals surface area contributed by atoms with E-state index in [-0.39, 0.29) is 37.1 Å². The van der Waals surface area contributed by atoms with E-state index in [0.29, 0.717) is 0 Å². The van der Waals surface area contributed by atoms with Crippen molar-refractivity contribution in [2.45, 2.75) is 110 Å². The zero-order chi connectivity index (χ0) is 33.5. The zero-order valence-electron chi connectivity index (χ0n) is 28.7. The lowest BCUT2D eigenvalue weighted by Gasteiger charge is -2.52. The second kappa shape index (κ2) is 15.4. The van der Waals surface area contributed by atoms with Gasteiger partial charge >= 0.3 is 0 Å². The van der Waals surface area contributed by atoms with E-state index >= 15 is 0 Å². The molecule has 1 N–H and O–H groups in total. The van der Waals surface area contributed by atoms with E-state index < -0.39 is 44.3 Å². The molecule has 8 heteroatoms. The Morgan fingerprint density at radius 3 is 1.78 bits per heavy atom. The van der Waals surface area contributed by atoms with Gasteiger partial charge in [-0.15, -0.1) is 0 Å². The van der Waals surface area contributed by atoms with Gasteiger partial charge in [0.25, 0.3) is 0 Å². The van der Waals surface area contributed by atoms with Crippen molar-refractivity contribution in [2.75, 3.05) is 7.11 Å². The van der Waals surface area contributed by atoms with E-state index in [4.69, 9.17) is 23.4 Å². The van der Waals surface area contributed by atoms with Crippen molar-refractivity contribution < 1.29 is 33.3 Å². The number of ether oxygens (including phenoxy) is 4. The lowest BCUT2D eigenvalue weighted by Crippen LogP contribution is -2.63. The lowest BCUT2D eigenvalue weighted by molar-refractivity contribution is -0.213. The zero-order valence-corrected chi connectivity index (χ0v) is 29.7. The summed E-state index contributed by atoms with van der Waals surface area (Å²) in [5.41, 5.74) is 2.04. The van der Waals surface area contributed by atoms with E-state index in [9.17, 15) is 9.90 Å². The van der Waals surface area contributed by atoms with E-state index in [1.165, 1.54) is 0 Å². The van der Waals surface area contributed by atoms with Crippen LogP contribution in [0.25, 0.3) is 0 Å². The Kier molecular flexibility index (Phi) is 12.0. The van der Waals surface area contributed by atoms with Crippen molar-refractivity contribution in [3.05, 3.63) is 102 Å². The normalized spacial score (nSPS) is 23.8. The second-order valence-corrected chi connectivity index (χ2v) is 19.2. The fourth-order valence-corrected chi connectivity index (χ4v) is 7.03. The van der Waals surface area contributed by atoms with Crippen LogP contribution in [0.15, 0.2) is 84.9 Å². The maximum Gasteiger partial charge on any atom is 0.192 e. The molecule has 1 saturated carbocycles. The number of hydrogen-bond acceptors (Lipinski definition) is 7. The second-order valence-electron chi connectivity index (χ2n) is 14.4. The average molecular weight is 649 g/mol. The summed E-state index contributed by atoms with van der Waals surface area (Å²) in [6.07, 6.45) is -4.30. The van der Waals surface area contributed by atoms with Crippen molar-refractivity contribution in [3.8, 4) is 5.75 Å². The smallest absolute Gasteiger partial charge is 0.192 e. The number of aliphatic hydroxyl groups excluding tert-OH is 1. The molecule has 1 fully saturated rings. The van der Waals surface area contributed by atoms with Gasteiger partial charge < -0.3 is 28.5 Å². The minimum absolute atomic E-state index is 0.124. The molecule has 0 aromatic heterocycles. The molecule has 3 aromatic rings. The quantitative estimate of drug-likeness (QED) is 0.204. The Hall–Kier alpha value is -2.85. The van der Waals surface area contributed by atoms with Gasteiger partial charge in [-0.05, 0) is 47.0 Å². The van der Waals surface area contributed by atoms with Gasteiger partial charge in [0.2, 0.25) is 0 Å². The molecule has 250 valence electrons. The Morgan fingerprint density at radius 2 is 1.26 bits per heavy atom. The van der Waals surface area contributed by atoms with Crippen molar-refractivity contribution in [1.29, 1.82) is 0 Å². The molecular formula is C38H52O7Si. The highest BCUT2D eigenvalue weighted by atomic mass is 28.4. The topological polar surface area (TPSA) is 83.5 Å². The van der Waals surface area contributed by atoms with Gasteiger partial charge in [-0.2, -0.15) is 0 Å². The number of benzene rings is 3. The molecule has 1 aliphatic carbocycles. The van der Waals surface area contributed by atoms with Crippen LogP contribution in [0.2, 0.25) is 18.1 Å². The molecule has 0 amide bonds. The fourth-order valence-electron chi connectivity index (χ4n) is 5.62. The SMILES string of the molecule is COc1ccc(COC2C(OCc3ccccc3)C(O)CC(=O)C(OCc3ccccc3)C(O[Si](C)(C)C(C)(C)C)C2(C)C)cc1. The summed E-state index contributed by atoms with van der Waals surface area (Å²) >= 11 is 0. The minimum atomic E-state index is -2.44. The third-order valence-electron chi connectivity index (χ3n) is 9.52. The molecule has 1 aliphatic rings. The third-order valence-corrected chi connectivity index (χ3v) is 14.0. The van der Waals surface area contributed by atoms with Gasteiger partial charge in [0, 0.05) is 11.8 Å². The van der Waals surface area contributed by atoms with Crippen LogP contribution in [-0.4, -0.2) is 56.8 Å². The molecule has 3 aromatic carbocycles. The number of Topliss-reactive ketones (excluding diaryl/α,β-unsaturated/α-hetero) is 1. The summed E-state index contributed by atoms with van der Waals surface area (Å²) in [5, 5.41) is 11.6. The summed E-state index contributed by atoms with van der Waals surface area (Å²) in [7, 11) is -0.804.